The molecule has 0 heterocycles. The smallest absolute Gasteiger partial charge is 0.356 e. The Morgan fingerprint density at radius 3 is 2.33 bits per heavy atom. The van der Waals surface area contributed by atoms with E-state index in [4.69, 9.17) is 5.73 Å². The second kappa shape index (κ2) is 8.89. The van der Waals surface area contributed by atoms with E-state index in [1.54, 1.807) is 13.0 Å². The van der Waals surface area contributed by atoms with Crippen LogP contribution in [0, 0.1) is 0 Å². The molecule has 2 unspecified atom stereocenters. The van der Waals surface area contributed by atoms with Gasteiger partial charge in [-0.05, 0) is 18.9 Å². The molecule has 0 saturated carbocycles. The summed E-state index contributed by atoms with van der Waals surface area (Å²) in [5.74, 6) is -2.39. The maximum absolute atomic E-state index is 13.0. The number of amides is 1. The standard InChI is InChI=1S/C14H19F3N2O.ClH/c1-10(18)7-8-19-13(20)9-12(14(15,16)17)11-5-3-2-4-6-11;/h2-6,10,12H,7-9,18H2,1H3,(H,19,20);1H. The van der Waals surface area contributed by atoms with Gasteiger partial charge < -0.3 is 11.1 Å². The van der Waals surface area contributed by atoms with Crippen LogP contribution < -0.4 is 11.1 Å². The van der Waals surface area contributed by atoms with E-state index in [0.717, 1.165) is 0 Å². The van der Waals surface area contributed by atoms with E-state index >= 15 is 0 Å². The molecule has 0 saturated heterocycles. The van der Waals surface area contributed by atoms with Gasteiger partial charge in [-0.1, -0.05) is 30.3 Å². The first-order valence-corrected chi connectivity index (χ1v) is 6.44. The van der Waals surface area contributed by atoms with Crippen molar-refractivity contribution in [2.45, 2.75) is 37.9 Å². The highest BCUT2D eigenvalue weighted by molar-refractivity contribution is 5.85. The molecule has 1 amide bonds. The third-order valence-electron chi connectivity index (χ3n) is 2.91. The molecule has 0 radical (unpaired) electrons. The summed E-state index contributed by atoms with van der Waals surface area (Å²) >= 11 is 0. The van der Waals surface area contributed by atoms with Gasteiger partial charge >= 0.3 is 6.18 Å². The van der Waals surface area contributed by atoms with E-state index in [0.29, 0.717) is 6.42 Å². The van der Waals surface area contributed by atoms with Gasteiger partial charge in [0.1, 0.15) is 0 Å². The highest BCUT2D eigenvalue weighted by atomic mass is 35.5. The van der Waals surface area contributed by atoms with E-state index in [1.165, 1.54) is 24.3 Å². The van der Waals surface area contributed by atoms with Crippen LogP contribution in [0.4, 0.5) is 13.2 Å². The van der Waals surface area contributed by atoms with Crippen molar-refractivity contribution < 1.29 is 18.0 Å². The number of halogens is 4. The van der Waals surface area contributed by atoms with Crippen LogP contribution >= 0.6 is 12.4 Å². The monoisotopic (exact) mass is 324 g/mol. The molecular formula is C14H20ClF3N2O. The van der Waals surface area contributed by atoms with E-state index in [1.807, 2.05) is 0 Å². The molecule has 0 aliphatic rings. The van der Waals surface area contributed by atoms with E-state index in [2.05, 4.69) is 5.32 Å². The largest absolute Gasteiger partial charge is 0.396 e. The Morgan fingerprint density at radius 1 is 1.29 bits per heavy atom. The molecular weight excluding hydrogens is 305 g/mol. The molecule has 3 N–H and O–H groups in total. The molecule has 21 heavy (non-hydrogen) atoms. The van der Waals surface area contributed by atoms with Gasteiger partial charge in [0.2, 0.25) is 5.91 Å². The average molecular weight is 325 g/mol. The predicted octanol–water partition coefficient (Wildman–Crippen LogP) is 3.00. The summed E-state index contributed by atoms with van der Waals surface area (Å²) in [6.07, 6.45) is -4.51. The van der Waals surface area contributed by atoms with Crippen LogP contribution in [0.3, 0.4) is 0 Å². The number of nitrogens with one attached hydrogen (secondary N) is 1. The Hall–Kier alpha value is -1.27. The lowest BCUT2D eigenvalue weighted by molar-refractivity contribution is -0.157. The van der Waals surface area contributed by atoms with E-state index < -0.39 is 24.4 Å². The van der Waals surface area contributed by atoms with Crippen molar-refractivity contribution >= 4 is 18.3 Å². The second-order valence-corrected chi connectivity index (χ2v) is 4.82. The van der Waals surface area contributed by atoms with Crippen LogP contribution in [-0.4, -0.2) is 24.7 Å². The van der Waals surface area contributed by atoms with Gasteiger partial charge in [0, 0.05) is 19.0 Å². The van der Waals surface area contributed by atoms with E-state index in [-0.39, 0.29) is 30.6 Å². The van der Waals surface area contributed by atoms with Crippen molar-refractivity contribution in [3.8, 4) is 0 Å². The van der Waals surface area contributed by atoms with E-state index in [9.17, 15) is 18.0 Å². The minimum Gasteiger partial charge on any atom is -0.356 e. The van der Waals surface area contributed by atoms with Crippen molar-refractivity contribution in [2.75, 3.05) is 6.54 Å². The Kier molecular flexibility index (Phi) is 8.36. The van der Waals surface area contributed by atoms with Gasteiger partial charge in [0.05, 0.1) is 5.92 Å². The fraction of sp³-hybridized carbons (Fsp3) is 0.500. The minimum absolute atomic E-state index is 0. The summed E-state index contributed by atoms with van der Waals surface area (Å²) in [4.78, 5) is 11.6. The van der Waals surface area contributed by atoms with Crippen molar-refractivity contribution in [2.24, 2.45) is 5.73 Å². The lowest BCUT2D eigenvalue weighted by Gasteiger charge is -2.20. The van der Waals surface area contributed by atoms with Crippen LogP contribution in [0.2, 0.25) is 0 Å². The SMILES string of the molecule is CC(N)CCNC(=O)CC(c1ccccc1)C(F)(F)F.Cl. The molecule has 120 valence electrons. The zero-order chi connectivity index (χ0) is 15.2. The lowest BCUT2D eigenvalue weighted by Crippen LogP contribution is -2.32. The maximum atomic E-state index is 13.0. The molecule has 3 nitrogen and oxygen atoms in total. The number of benzene rings is 1. The first-order chi connectivity index (χ1) is 9.30. The summed E-state index contributed by atoms with van der Waals surface area (Å²) < 4.78 is 39.0. The van der Waals surface area contributed by atoms with Crippen LogP contribution in [-0.2, 0) is 4.79 Å². The molecule has 0 aliphatic heterocycles. The molecule has 0 fully saturated rings. The first kappa shape index (κ1) is 19.7. The molecule has 1 rings (SSSR count). The molecule has 0 aliphatic carbocycles. The first-order valence-electron chi connectivity index (χ1n) is 6.44. The summed E-state index contributed by atoms with van der Waals surface area (Å²) in [6.45, 7) is 2.06. The van der Waals surface area contributed by atoms with Crippen LogP contribution in [0.15, 0.2) is 30.3 Å². The highest BCUT2D eigenvalue weighted by Crippen LogP contribution is 2.37. The van der Waals surface area contributed by atoms with Gasteiger partial charge in [-0.2, -0.15) is 13.2 Å². The summed E-state index contributed by atoms with van der Waals surface area (Å²) in [5.41, 5.74) is 5.61. The third kappa shape index (κ3) is 7.34. The maximum Gasteiger partial charge on any atom is 0.396 e. The Morgan fingerprint density at radius 2 is 1.86 bits per heavy atom. The minimum atomic E-state index is -4.44. The molecule has 2 atom stereocenters. The third-order valence-corrected chi connectivity index (χ3v) is 2.91. The molecule has 1 aromatic carbocycles. The Balaban J connectivity index is 0.00000400. The zero-order valence-electron chi connectivity index (χ0n) is 11.7. The lowest BCUT2D eigenvalue weighted by atomic mass is 9.95. The Labute approximate surface area is 128 Å². The van der Waals surface area contributed by atoms with Gasteiger partial charge in [0.25, 0.3) is 0 Å². The zero-order valence-corrected chi connectivity index (χ0v) is 12.5. The highest BCUT2D eigenvalue weighted by Gasteiger charge is 2.41. The number of nitrogens with two attached hydrogens (primary N) is 1. The summed E-state index contributed by atoms with van der Waals surface area (Å²) in [6, 6.07) is 7.37. The van der Waals surface area contributed by atoms with Crippen LogP contribution in [0.25, 0.3) is 0 Å². The number of carbonyl (C=O) groups is 1. The second-order valence-electron chi connectivity index (χ2n) is 4.82. The number of hydrogen-bond acceptors (Lipinski definition) is 2. The number of alkyl halides is 3. The van der Waals surface area contributed by atoms with Gasteiger partial charge in [-0.3, -0.25) is 4.79 Å². The van der Waals surface area contributed by atoms with Crippen molar-refractivity contribution in [1.29, 1.82) is 0 Å². The molecule has 1 aromatic rings. The molecule has 0 spiro atoms. The van der Waals surface area contributed by atoms with Gasteiger partial charge in [-0.25, -0.2) is 0 Å². The van der Waals surface area contributed by atoms with Crippen LogP contribution in [0.5, 0.6) is 0 Å². The van der Waals surface area contributed by atoms with Crippen molar-refractivity contribution in [3.05, 3.63) is 35.9 Å². The summed E-state index contributed by atoms with van der Waals surface area (Å²) in [5, 5.41) is 2.47. The molecule has 7 heteroatoms. The number of carbonyl (C=O) groups excluding carboxylic acids is 1. The number of rotatable bonds is 6. The van der Waals surface area contributed by atoms with Gasteiger partial charge in [0.15, 0.2) is 0 Å². The van der Waals surface area contributed by atoms with Crippen molar-refractivity contribution in [3.63, 3.8) is 0 Å². The van der Waals surface area contributed by atoms with Crippen molar-refractivity contribution in [1.82, 2.24) is 5.32 Å². The predicted molar refractivity (Wildman–Crippen MR) is 78.4 cm³/mol. The number of hydrogen-bond donors (Lipinski definition) is 2. The van der Waals surface area contributed by atoms with Crippen LogP contribution in [0.1, 0.15) is 31.2 Å². The molecule has 0 aromatic heterocycles. The normalized spacial score (nSPS) is 14.0. The average Bonchev–Trinajstić information content (AvgIpc) is 2.35. The van der Waals surface area contributed by atoms with Gasteiger partial charge in [-0.15, -0.1) is 12.4 Å². The molecule has 0 bridgehead atoms. The topological polar surface area (TPSA) is 55.1 Å². The fourth-order valence-corrected chi connectivity index (χ4v) is 1.80. The summed E-state index contributed by atoms with van der Waals surface area (Å²) in [7, 11) is 0. The Bertz CT molecular complexity index is 424. The fourth-order valence-electron chi connectivity index (χ4n) is 1.80. The quantitative estimate of drug-likeness (QED) is 0.845.